The summed E-state index contributed by atoms with van der Waals surface area (Å²) in [5, 5.41) is 3.26. The Hall–Kier alpha value is -3.73. The van der Waals surface area contributed by atoms with Crippen LogP contribution in [0.2, 0.25) is 0 Å². The molecule has 0 radical (unpaired) electrons. The molecule has 11 heteroatoms. The Labute approximate surface area is 217 Å². The molecular formula is C27H28F4N6O. The number of amides is 1. The Kier molecular flexibility index (Phi) is 6.29. The van der Waals surface area contributed by atoms with Crippen molar-refractivity contribution in [2.24, 2.45) is 0 Å². The van der Waals surface area contributed by atoms with E-state index in [0.717, 1.165) is 12.1 Å². The molecule has 3 heterocycles. The third-order valence-electron chi connectivity index (χ3n) is 7.30. The van der Waals surface area contributed by atoms with Crippen LogP contribution in [0, 0.1) is 12.7 Å². The van der Waals surface area contributed by atoms with E-state index in [1.54, 1.807) is 30.9 Å². The summed E-state index contributed by atoms with van der Waals surface area (Å²) in [4.78, 5) is 27.0. The molecule has 1 aromatic heterocycles. The summed E-state index contributed by atoms with van der Waals surface area (Å²) in [5.74, 6) is 0.344. The number of carbonyl (C=O) groups excluding carboxylic acids is 1. The van der Waals surface area contributed by atoms with Gasteiger partial charge in [-0.1, -0.05) is 0 Å². The number of benzene rings is 2. The number of nitrogens with two attached hydrogens (primary N) is 1. The SMILES string of the molecule is Cc1nc(N[C@H](C)c2cc(N)cc(C(F)(F)F)c2)c2c(n1)C1(CCN(C)C1)C(=O)N(c1ccc(F)cc1)C2. The Morgan fingerprint density at radius 2 is 1.84 bits per heavy atom. The van der Waals surface area contributed by atoms with Crippen molar-refractivity contribution in [3.8, 4) is 0 Å². The third-order valence-corrected chi connectivity index (χ3v) is 7.30. The van der Waals surface area contributed by atoms with Crippen LogP contribution in [0.25, 0.3) is 0 Å². The van der Waals surface area contributed by atoms with Gasteiger partial charge in [0.25, 0.3) is 0 Å². The van der Waals surface area contributed by atoms with E-state index < -0.39 is 29.0 Å². The summed E-state index contributed by atoms with van der Waals surface area (Å²) in [6.07, 6.45) is -3.99. The highest BCUT2D eigenvalue weighted by atomic mass is 19.4. The van der Waals surface area contributed by atoms with Gasteiger partial charge in [0.2, 0.25) is 5.91 Å². The number of aromatic nitrogens is 2. The van der Waals surface area contributed by atoms with Gasteiger partial charge in [-0.3, -0.25) is 4.79 Å². The lowest BCUT2D eigenvalue weighted by molar-refractivity contribution is -0.137. The van der Waals surface area contributed by atoms with Crippen molar-refractivity contribution >= 4 is 23.1 Å². The first kappa shape index (κ1) is 25.9. The van der Waals surface area contributed by atoms with Gasteiger partial charge in [-0.15, -0.1) is 0 Å². The molecule has 0 saturated carbocycles. The number of rotatable bonds is 4. The molecule has 0 aliphatic carbocycles. The maximum Gasteiger partial charge on any atom is 0.416 e. The van der Waals surface area contributed by atoms with E-state index >= 15 is 0 Å². The van der Waals surface area contributed by atoms with Gasteiger partial charge in [-0.25, -0.2) is 14.4 Å². The molecule has 3 aromatic rings. The summed E-state index contributed by atoms with van der Waals surface area (Å²) in [6, 6.07) is 8.59. The molecule has 1 saturated heterocycles. The lowest BCUT2D eigenvalue weighted by Crippen LogP contribution is -2.53. The first-order chi connectivity index (χ1) is 17.9. The number of likely N-dealkylation sites (tertiary alicyclic amines) is 1. The van der Waals surface area contributed by atoms with E-state index in [0.29, 0.717) is 53.7 Å². The van der Waals surface area contributed by atoms with Crippen LogP contribution < -0.4 is 16.0 Å². The first-order valence-electron chi connectivity index (χ1n) is 12.3. The van der Waals surface area contributed by atoms with Crippen molar-refractivity contribution < 1.29 is 22.4 Å². The second-order valence-corrected chi connectivity index (χ2v) is 10.1. The number of halogens is 4. The summed E-state index contributed by atoms with van der Waals surface area (Å²) in [5.41, 5.74) is 6.24. The molecule has 2 aliphatic rings. The minimum atomic E-state index is -4.54. The normalized spacial score (nSPS) is 20.6. The van der Waals surface area contributed by atoms with E-state index in [9.17, 15) is 22.4 Å². The van der Waals surface area contributed by atoms with Crippen molar-refractivity contribution in [3.05, 3.63) is 76.5 Å². The smallest absolute Gasteiger partial charge is 0.399 e. The van der Waals surface area contributed by atoms with E-state index in [2.05, 4.69) is 15.2 Å². The fourth-order valence-corrected chi connectivity index (χ4v) is 5.43. The van der Waals surface area contributed by atoms with Crippen molar-refractivity contribution in [1.82, 2.24) is 14.9 Å². The van der Waals surface area contributed by atoms with Crippen molar-refractivity contribution in [1.29, 1.82) is 0 Å². The topological polar surface area (TPSA) is 87.4 Å². The van der Waals surface area contributed by atoms with Crippen LogP contribution in [0.5, 0.6) is 0 Å². The summed E-state index contributed by atoms with van der Waals surface area (Å²) in [7, 11) is 1.94. The van der Waals surface area contributed by atoms with Gasteiger partial charge in [0.1, 0.15) is 22.9 Å². The van der Waals surface area contributed by atoms with E-state index in [-0.39, 0.29) is 18.1 Å². The Bertz CT molecular complexity index is 1390. The first-order valence-corrected chi connectivity index (χ1v) is 12.3. The number of nitrogens with zero attached hydrogens (tertiary/aromatic N) is 4. The molecule has 1 unspecified atom stereocenters. The molecule has 2 atom stereocenters. The quantitative estimate of drug-likeness (QED) is 0.373. The van der Waals surface area contributed by atoms with Crippen LogP contribution in [0.15, 0.2) is 42.5 Å². The molecule has 7 nitrogen and oxygen atoms in total. The molecule has 1 fully saturated rings. The zero-order valence-corrected chi connectivity index (χ0v) is 21.2. The molecule has 2 aromatic carbocycles. The third kappa shape index (κ3) is 4.55. The average molecular weight is 529 g/mol. The summed E-state index contributed by atoms with van der Waals surface area (Å²) in [6.45, 7) is 4.72. The van der Waals surface area contributed by atoms with E-state index in [4.69, 9.17) is 10.7 Å². The predicted octanol–water partition coefficient (Wildman–Crippen LogP) is 4.82. The molecular weight excluding hydrogens is 500 g/mol. The molecule has 2 aliphatic heterocycles. The number of nitrogen functional groups attached to an aromatic ring is 1. The van der Waals surface area contributed by atoms with Gasteiger partial charge in [-0.05, 0) is 81.9 Å². The number of hydrogen-bond acceptors (Lipinski definition) is 6. The molecule has 38 heavy (non-hydrogen) atoms. The molecule has 1 spiro atoms. The van der Waals surface area contributed by atoms with Gasteiger partial charge in [0, 0.05) is 23.5 Å². The highest BCUT2D eigenvalue weighted by Gasteiger charge is 2.53. The fraction of sp³-hybridized carbons (Fsp3) is 0.370. The van der Waals surface area contributed by atoms with Crippen molar-refractivity contribution in [2.45, 2.75) is 44.4 Å². The van der Waals surface area contributed by atoms with Crippen LogP contribution in [-0.2, 0) is 22.9 Å². The maximum absolute atomic E-state index is 14.0. The molecule has 5 rings (SSSR count). The summed E-state index contributed by atoms with van der Waals surface area (Å²) >= 11 is 0. The van der Waals surface area contributed by atoms with Gasteiger partial charge in [0.15, 0.2) is 0 Å². The second kappa shape index (κ2) is 9.23. The average Bonchev–Trinajstić information content (AvgIpc) is 3.24. The molecule has 3 N–H and O–H groups in total. The number of anilines is 3. The zero-order valence-electron chi connectivity index (χ0n) is 21.2. The lowest BCUT2D eigenvalue weighted by Gasteiger charge is -2.41. The van der Waals surface area contributed by atoms with Gasteiger partial charge in [0.05, 0.1) is 23.8 Å². The number of carbonyl (C=O) groups is 1. The summed E-state index contributed by atoms with van der Waals surface area (Å²) < 4.78 is 53.9. The molecule has 200 valence electrons. The van der Waals surface area contributed by atoms with Crippen LogP contribution in [0.4, 0.5) is 34.8 Å². The largest absolute Gasteiger partial charge is 0.416 e. The highest BCUT2D eigenvalue weighted by Crippen LogP contribution is 2.44. The van der Waals surface area contributed by atoms with Gasteiger partial charge < -0.3 is 20.9 Å². The van der Waals surface area contributed by atoms with Crippen LogP contribution in [0.3, 0.4) is 0 Å². The number of hydrogen-bond donors (Lipinski definition) is 2. The Balaban J connectivity index is 1.60. The van der Waals surface area contributed by atoms with Crippen LogP contribution in [0.1, 0.15) is 47.6 Å². The van der Waals surface area contributed by atoms with Gasteiger partial charge in [-0.2, -0.15) is 13.2 Å². The number of alkyl halides is 3. The van der Waals surface area contributed by atoms with Crippen LogP contribution >= 0.6 is 0 Å². The van der Waals surface area contributed by atoms with Crippen LogP contribution in [-0.4, -0.2) is 40.9 Å². The number of nitrogens with one attached hydrogen (secondary N) is 1. The highest BCUT2D eigenvalue weighted by molar-refractivity contribution is 6.03. The molecule has 1 amide bonds. The van der Waals surface area contributed by atoms with Crippen molar-refractivity contribution in [3.63, 3.8) is 0 Å². The minimum Gasteiger partial charge on any atom is -0.399 e. The van der Waals surface area contributed by atoms with Crippen molar-refractivity contribution in [2.75, 3.05) is 36.1 Å². The predicted molar refractivity (Wildman–Crippen MR) is 136 cm³/mol. The zero-order chi connectivity index (χ0) is 27.4. The molecule has 0 bridgehead atoms. The van der Waals surface area contributed by atoms with E-state index in [1.165, 1.54) is 18.2 Å². The van der Waals surface area contributed by atoms with Gasteiger partial charge >= 0.3 is 6.18 Å². The monoisotopic (exact) mass is 528 g/mol. The number of likely N-dealkylation sites (N-methyl/N-ethyl adjacent to an activating group) is 1. The Morgan fingerprint density at radius 1 is 1.13 bits per heavy atom. The minimum absolute atomic E-state index is 0.00500. The standard InChI is InChI=1S/C27H28F4N6O/c1-15(17-10-18(27(29,30)31)12-20(32)11-17)33-24-22-13-37(21-6-4-19(28)5-7-21)25(38)26(8-9-36(3)14-26)23(22)34-16(2)35-24/h4-7,10-12,15H,8-9,13-14,32H2,1-3H3,(H,33,34,35)/t15-,26?/m1/s1. The lowest BCUT2D eigenvalue weighted by atomic mass is 9.76. The second-order valence-electron chi connectivity index (χ2n) is 10.1. The number of fused-ring (bicyclic) bond motifs is 2. The fourth-order valence-electron chi connectivity index (χ4n) is 5.43. The number of aryl methyl sites for hydroxylation is 1. The maximum atomic E-state index is 14.0. The van der Waals surface area contributed by atoms with E-state index in [1.807, 2.05) is 7.05 Å². The Morgan fingerprint density at radius 3 is 2.47 bits per heavy atom.